The number of hydrogen-bond acceptors (Lipinski definition) is 3. The van der Waals surface area contributed by atoms with Crippen LogP contribution in [0, 0.1) is 24.8 Å². The third-order valence-corrected chi connectivity index (χ3v) is 6.51. The Balaban J connectivity index is 1.61. The first-order valence-electron chi connectivity index (χ1n) is 12.2. The van der Waals surface area contributed by atoms with Gasteiger partial charge in [-0.25, -0.2) is 10.1 Å². The maximum atomic E-state index is 9.04. The monoisotopic (exact) mass is 441 g/mol. The maximum absolute atomic E-state index is 9.04. The highest BCUT2D eigenvalue weighted by Crippen LogP contribution is 2.33. The van der Waals surface area contributed by atoms with Crippen LogP contribution in [0.1, 0.15) is 74.5 Å². The van der Waals surface area contributed by atoms with Crippen LogP contribution in [0.2, 0.25) is 0 Å². The number of allylic oxidation sites excluding steroid dienone is 1. The van der Waals surface area contributed by atoms with E-state index in [-0.39, 0.29) is 5.70 Å². The predicted octanol–water partition coefficient (Wildman–Crippen LogP) is 7.51. The van der Waals surface area contributed by atoms with E-state index in [9.17, 15) is 0 Å². The Labute approximate surface area is 199 Å². The van der Waals surface area contributed by atoms with E-state index in [1.165, 1.54) is 37.7 Å². The maximum Gasteiger partial charge on any atom is 0.262 e. The number of hydrogen-bond donors (Lipinski definition) is 0. The van der Waals surface area contributed by atoms with Crippen molar-refractivity contribution in [2.24, 2.45) is 0 Å². The van der Waals surface area contributed by atoms with Crippen molar-refractivity contribution in [2.45, 2.75) is 64.7 Å². The molecule has 0 heterocycles. The molecule has 2 aromatic rings. The molecule has 0 aliphatic heterocycles. The quantitative estimate of drug-likeness (QED) is 0.283. The van der Waals surface area contributed by atoms with E-state index in [4.69, 9.17) is 16.6 Å². The number of benzene rings is 2. The van der Waals surface area contributed by atoms with Crippen LogP contribution in [0.4, 0.5) is 5.69 Å². The van der Waals surface area contributed by atoms with Gasteiger partial charge in [-0.05, 0) is 79.1 Å². The number of rotatable bonds is 10. The normalized spacial score (nSPS) is 14.4. The van der Waals surface area contributed by atoms with Crippen molar-refractivity contribution in [3.8, 4) is 11.8 Å². The summed E-state index contributed by atoms with van der Waals surface area (Å²) in [5.74, 6) is 1.65. The van der Waals surface area contributed by atoms with Crippen molar-refractivity contribution >= 4 is 11.8 Å². The van der Waals surface area contributed by atoms with Crippen LogP contribution in [0.15, 0.2) is 48.2 Å². The molecule has 0 N–H and O–H groups in total. The molecule has 3 rings (SSSR count). The summed E-state index contributed by atoms with van der Waals surface area (Å²) in [5.41, 5.74) is 4.68. The van der Waals surface area contributed by atoms with Crippen LogP contribution in [0.3, 0.4) is 0 Å². The first kappa shape index (κ1) is 24.4. The zero-order valence-corrected chi connectivity index (χ0v) is 20.0. The van der Waals surface area contributed by atoms with E-state index in [2.05, 4.69) is 53.1 Å². The molecule has 1 aliphatic carbocycles. The van der Waals surface area contributed by atoms with Gasteiger partial charge in [0.25, 0.3) is 5.70 Å². The van der Waals surface area contributed by atoms with Crippen molar-refractivity contribution in [1.82, 2.24) is 0 Å². The molecule has 1 saturated carbocycles. The van der Waals surface area contributed by atoms with Crippen LogP contribution in [-0.4, -0.2) is 19.7 Å². The molecule has 1 fully saturated rings. The van der Waals surface area contributed by atoms with E-state index in [0.29, 0.717) is 6.61 Å². The SMILES string of the molecule is [C-]#[N+]C(C#N)=Cc1ccc(N(CCCC)CCOc2ccc(C3CCCCC3)cc2)cc1C. The van der Waals surface area contributed by atoms with Crippen LogP contribution < -0.4 is 9.64 Å². The topological polar surface area (TPSA) is 40.6 Å². The lowest BCUT2D eigenvalue weighted by molar-refractivity contribution is 0.323. The summed E-state index contributed by atoms with van der Waals surface area (Å²) in [6, 6.07) is 16.9. The summed E-state index contributed by atoms with van der Waals surface area (Å²) < 4.78 is 6.10. The zero-order valence-electron chi connectivity index (χ0n) is 20.0. The molecule has 0 saturated heterocycles. The molecule has 4 nitrogen and oxygen atoms in total. The first-order chi connectivity index (χ1) is 16.1. The Morgan fingerprint density at radius 1 is 1.15 bits per heavy atom. The van der Waals surface area contributed by atoms with E-state index < -0.39 is 0 Å². The van der Waals surface area contributed by atoms with E-state index in [1.54, 1.807) is 6.08 Å². The van der Waals surface area contributed by atoms with Crippen molar-refractivity contribution in [2.75, 3.05) is 24.6 Å². The second kappa shape index (κ2) is 12.7. The highest BCUT2D eigenvalue weighted by Gasteiger charge is 2.15. The summed E-state index contributed by atoms with van der Waals surface area (Å²) in [6.45, 7) is 13.7. The summed E-state index contributed by atoms with van der Waals surface area (Å²) in [6.07, 6.45) is 10.6. The minimum atomic E-state index is 0.108. The summed E-state index contributed by atoms with van der Waals surface area (Å²) in [7, 11) is 0. The van der Waals surface area contributed by atoms with Gasteiger partial charge >= 0.3 is 0 Å². The van der Waals surface area contributed by atoms with Gasteiger partial charge in [-0.1, -0.05) is 50.8 Å². The molecular weight excluding hydrogens is 406 g/mol. The molecule has 0 radical (unpaired) electrons. The average Bonchev–Trinajstić information content (AvgIpc) is 2.86. The molecular formula is C29H35N3O. The lowest BCUT2D eigenvalue weighted by Crippen LogP contribution is -2.29. The standard InChI is InChI=1S/C29H35N3O/c1-4-5-17-32(28-14-11-26(23(2)20-28)21-27(22-30)31-3)18-19-33-29-15-12-25(13-16-29)24-9-7-6-8-10-24/h11-16,20-21,24H,4-10,17-19H2,1-2H3. The van der Waals surface area contributed by atoms with E-state index in [0.717, 1.165) is 54.4 Å². The van der Waals surface area contributed by atoms with Gasteiger partial charge in [-0.3, -0.25) is 0 Å². The predicted molar refractivity (Wildman–Crippen MR) is 136 cm³/mol. The van der Waals surface area contributed by atoms with Crippen LogP contribution in [0.5, 0.6) is 5.75 Å². The number of unbranched alkanes of at least 4 members (excludes halogenated alkanes) is 1. The molecule has 33 heavy (non-hydrogen) atoms. The molecule has 0 aromatic heterocycles. The molecule has 172 valence electrons. The third-order valence-electron chi connectivity index (χ3n) is 6.51. The molecule has 0 spiro atoms. The van der Waals surface area contributed by atoms with Crippen LogP contribution >= 0.6 is 0 Å². The molecule has 4 heteroatoms. The minimum Gasteiger partial charge on any atom is -0.492 e. The van der Waals surface area contributed by atoms with Crippen molar-refractivity contribution in [3.63, 3.8) is 0 Å². The molecule has 2 aromatic carbocycles. The van der Waals surface area contributed by atoms with Crippen LogP contribution in [-0.2, 0) is 0 Å². The van der Waals surface area contributed by atoms with Crippen molar-refractivity contribution < 1.29 is 4.74 Å². The molecule has 1 aliphatic rings. The Morgan fingerprint density at radius 3 is 2.55 bits per heavy atom. The van der Waals surface area contributed by atoms with Gasteiger partial charge in [-0.15, -0.1) is 0 Å². The van der Waals surface area contributed by atoms with Crippen molar-refractivity contribution in [1.29, 1.82) is 5.26 Å². The zero-order chi connectivity index (χ0) is 23.5. The number of aryl methyl sites for hydroxylation is 1. The highest BCUT2D eigenvalue weighted by molar-refractivity contribution is 5.65. The number of ether oxygens (including phenoxy) is 1. The lowest BCUT2D eigenvalue weighted by atomic mass is 9.84. The Morgan fingerprint density at radius 2 is 1.91 bits per heavy atom. The van der Waals surface area contributed by atoms with Gasteiger partial charge in [0.1, 0.15) is 12.4 Å². The molecule has 0 atom stereocenters. The van der Waals surface area contributed by atoms with Gasteiger partial charge in [0.15, 0.2) is 0 Å². The number of nitrogens with zero attached hydrogens (tertiary/aromatic N) is 3. The van der Waals surface area contributed by atoms with Gasteiger partial charge in [0.05, 0.1) is 19.2 Å². The van der Waals surface area contributed by atoms with Crippen molar-refractivity contribution in [3.05, 3.63) is 76.3 Å². The fourth-order valence-corrected chi connectivity index (χ4v) is 4.52. The lowest BCUT2D eigenvalue weighted by Gasteiger charge is -2.26. The fraction of sp³-hybridized carbons (Fsp3) is 0.448. The minimum absolute atomic E-state index is 0.108. The Hall–Kier alpha value is -3.24. The fourth-order valence-electron chi connectivity index (χ4n) is 4.52. The largest absolute Gasteiger partial charge is 0.492 e. The second-order valence-electron chi connectivity index (χ2n) is 8.89. The molecule has 0 amide bonds. The van der Waals surface area contributed by atoms with Gasteiger partial charge in [-0.2, -0.15) is 0 Å². The van der Waals surface area contributed by atoms with Gasteiger partial charge in [0.2, 0.25) is 0 Å². The molecule has 0 bridgehead atoms. The van der Waals surface area contributed by atoms with Crippen LogP contribution in [0.25, 0.3) is 10.9 Å². The Kier molecular flexibility index (Phi) is 9.40. The second-order valence-corrected chi connectivity index (χ2v) is 8.89. The Bertz CT molecular complexity index is 989. The third kappa shape index (κ3) is 7.13. The average molecular weight is 442 g/mol. The van der Waals surface area contributed by atoms with E-state index in [1.807, 2.05) is 19.1 Å². The summed E-state index contributed by atoms with van der Waals surface area (Å²) >= 11 is 0. The first-order valence-corrected chi connectivity index (χ1v) is 12.2. The van der Waals surface area contributed by atoms with E-state index >= 15 is 0 Å². The summed E-state index contributed by atoms with van der Waals surface area (Å²) in [4.78, 5) is 5.63. The summed E-state index contributed by atoms with van der Waals surface area (Å²) in [5, 5.41) is 9.04. The highest BCUT2D eigenvalue weighted by atomic mass is 16.5. The smallest absolute Gasteiger partial charge is 0.262 e. The van der Waals surface area contributed by atoms with Gasteiger partial charge < -0.3 is 9.64 Å². The van der Waals surface area contributed by atoms with Gasteiger partial charge in [0, 0.05) is 12.2 Å². The number of nitriles is 1. The number of anilines is 1. The molecule has 0 unspecified atom stereocenters.